The van der Waals surface area contributed by atoms with Crippen molar-refractivity contribution < 1.29 is 53.7 Å². The summed E-state index contributed by atoms with van der Waals surface area (Å²) in [6.45, 7) is 3.64. The SMILES string of the molecule is CC(C)C(=O)OC(=O)[C@]1(NS(=O)(=O)c2ccccc2)CCCN1.[H-].[Na+]. The van der Waals surface area contributed by atoms with Crippen LogP contribution >= 0.6 is 0 Å². The van der Waals surface area contributed by atoms with E-state index < -0.39 is 33.5 Å². The molecule has 0 bridgehead atoms. The average Bonchev–Trinajstić information content (AvgIpc) is 2.97. The molecular formula is C15H21N2NaO5S. The van der Waals surface area contributed by atoms with Crippen LogP contribution in [0.25, 0.3) is 0 Å². The van der Waals surface area contributed by atoms with Gasteiger partial charge in [0.2, 0.25) is 10.0 Å². The number of carbonyl (C=O) groups excluding carboxylic acids is 2. The molecule has 1 saturated heterocycles. The molecule has 128 valence electrons. The molecule has 1 aromatic carbocycles. The van der Waals surface area contributed by atoms with Crippen LogP contribution in [0.5, 0.6) is 0 Å². The van der Waals surface area contributed by atoms with Crippen LogP contribution in [0.15, 0.2) is 35.2 Å². The largest absolute Gasteiger partial charge is 1.00 e. The minimum absolute atomic E-state index is 0. The first kappa shape index (κ1) is 21.3. The van der Waals surface area contributed by atoms with Gasteiger partial charge in [0, 0.05) is 0 Å². The fourth-order valence-corrected chi connectivity index (χ4v) is 3.58. The summed E-state index contributed by atoms with van der Waals surface area (Å²) >= 11 is 0. The van der Waals surface area contributed by atoms with Gasteiger partial charge in [0.25, 0.3) is 0 Å². The standard InChI is InChI=1S/C15H20N2O5S.Na.H/c1-11(2)13(18)22-14(19)15(9-6-10-16-15)17-23(20,21)12-7-4-3-5-8-12;;/h3-5,7-8,11,16-17H,6,9-10H2,1-2H3;;/q;+1;-1/t15-;;/m1../s1. The van der Waals surface area contributed by atoms with Crippen LogP contribution < -0.4 is 39.6 Å². The Balaban J connectivity index is 0.00000288. The molecule has 1 atom stereocenters. The number of nitrogens with one attached hydrogen (secondary N) is 2. The second kappa shape index (κ2) is 8.55. The van der Waals surface area contributed by atoms with Gasteiger partial charge in [-0.15, -0.1) is 0 Å². The van der Waals surface area contributed by atoms with Crippen LogP contribution in [0, 0.1) is 5.92 Å². The number of rotatable bonds is 5. The first-order valence-electron chi connectivity index (χ1n) is 7.37. The number of hydrogen-bond acceptors (Lipinski definition) is 6. The molecule has 0 spiro atoms. The zero-order chi connectivity index (χ0) is 17.1. The third-order valence-electron chi connectivity index (χ3n) is 3.53. The Morgan fingerprint density at radius 1 is 1.29 bits per heavy atom. The van der Waals surface area contributed by atoms with E-state index in [1.54, 1.807) is 32.0 Å². The molecule has 1 aliphatic heterocycles. The van der Waals surface area contributed by atoms with E-state index in [1.807, 2.05) is 0 Å². The predicted molar refractivity (Wildman–Crippen MR) is 83.8 cm³/mol. The van der Waals surface area contributed by atoms with E-state index in [2.05, 4.69) is 10.0 Å². The van der Waals surface area contributed by atoms with Crippen LogP contribution in [-0.2, 0) is 24.3 Å². The van der Waals surface area contributed by atoms with E-state index in [9.17, 15) is 18.0 Å². The van der Waals surface area contributed by atoms with Gasteiger partial charge in [-0.25, -0.2) is 13.2 Å². The van der Waals surface area contributed by atoms with Crippen molar-refractivity contribution in [2.75, 3.05) is 6.54 Å². The smallest absolute Gasteiger partial charge is 1.00 e. The molecule has 0 radical (unpaired) electrons. The van der Waals surface area contributed by atoms with Crippen molar-refractivity contribution in [1.82, 2.24) is 10.0 Å². The van der Waals surface area contributed by atoms with E-state index in [-0.39, 0.29) is 42.3 Å². The quantitative estimate of drug-likeness (QED) is 0.352. The topological polar surface area (TPSA) is 102 Å². The molecule has 0 aromatic heterocycles. The normalized spacial score (nSPS) is 20.5. The summed E-state index contributed by atoms with van der Waals surface area (Å²) in [5.41, 5.74) is -1.61. The van der Waals surface area contributed by atoms with Gasteiger partial charge in [-0.2, -0.15) is 4.72 Å². The molecule has 0 saturated carbocycles. The van der Waals surface area contributed by atoms with Gasteiger partial charge in [0.1, 0.15) is 0 Å². The summed E-state index contributed by atoms with van der Waals surface area (Å²) in [6, 6.07) is 7.72. The molecule has 2 N–H and O–H groups in total. The second-order valence-corrected chi connectivity index (χ2v) is 7.40. The van der Waals surface area contributed by atoms with Crippen LogP contribution in [0.4, 0.5) is 0 Å². The first-order valence-corrected chi connectivity index (χ1v) is 8.85. The van der Waals surface area contributed by atoms with Crippen LogP contribution in [0.1, 0.15) is 28.1 Å². The Labute approximate surface area is 165 Å². The number of sulfonamides is 1. The van der Waals surface area contributed by atoms with Crippen molar-refractivity contribution in [2.45, 2.75) is 37.2 Å². The molecule has 0 aliphatic carbocycles. The maximum Gasteiger partial charge on any atom is 1.00 e. The maximum absolute atomic E-state index is 12.5. The van der Waals surface area contributed by atoms with Gasteiger partial charge < -0.3 is 6.16 Å². The number of hydrogen-bond donors (Lipinski definition) is 2. The molecule has 1 aliphatic rings. The molecule has 2 rings (SSSR count). The molecule has 7 nitrogen and oxygen atoms in total. The second-order valence-electron chi connectivity index (χ2n) is 5.72. The minimum Gasteiger partial charge on any atom is -1.00 e. The number of esters is 2. The predicted octanol–water partition coefficient (Wildman–Crippen LogP) is -2.11. The first-order chi connectivity index (χ1) is 10.8. The molecule has 9 heteroatoms. The molecule has 1 heterocycles. The van der Waals surface area contributed by atoms with Crippen LogP contribution in [0.2, 0.25) is 0 Å². The zero-order valence-corrected chi connectivity index (χ0v) is 16.9. The Bertz CT molecular complexity index is 691. The monoisotopic (exact) mass is 364 g/mol. The summed E-state index contributed by atoms with van der Waals surface area (Å²) in [5.74, 6) is -2.10. The minimum atomic E-state index is -3.93. The van der Waals surface area contributed by atoms with Gasteiger partial charge in [0.15, 0.2) is 5.66 Å². The Morgan fingerprint density at radius 3 is 2.42 bits per heavy atom. The van der Waals surface area contributed by atoms with Gasteiger partial charge in [0.05, 0.1) is 10.8 Å². The van der Waals surface area contributed by atoms with Crippen molar-refractivity contribution in [2.24, 2.45) is 5.92 Å². The van der Waals surface area contributed by atoms with E-state index in [0.717, 1.165) is 0 Å². The Kier molecular flexibility index (Phi) is 7.58. The average molecular weight is 364 g/mol. The Morgan fingerprint density at radius 2 is 1.92 bits per heavy atom. The molecule has 1 aromatic rings. The Hall–Kier alpha value is -0.770. The summed E-state index contributed by atoms with van der Waals surface area (Å²) < 4.78 is 32.1. The van der Waals surface area contributed by atoms with Gasteiger partial charge in [-0.3, -0.25) is 10.1 Å². The van der Waals surface area contributed by atoms with Crippen molar-refractivity contribution in [1.29, 1.82) is 0 Å². The van der Waals surface area contributed by atoms with E-state index in [4.69, 9.17) is 4.74 Å². The van der Waals surface area contributed by atoms with Crippen molar-refractivity contribution in [3.63, 3.8) is 0 Å². The van der Waals surface area contributed by atoms with Crippen LogP contribution in [-0.4, -0.2) is 32.6 Å². The summed E-state index contributed by atoms with van der Waals surface area (Å²) in [6.07, 6.45) is 0.797. The number of ether oxygens (including phenoxy) is 1. The molecule has 1 fully saturated rings. The number of benzene rings is 1. The molecular weight excluding hydrogens is 343 g/mol. The summed E-state index contributed by atoms with van der Waals surface area (Å²) in [4.78, 5) is 24.0. The van der Waals surface area contributed by atoms with Crippen molar-refractivity contribution >= 4 is 22.0 Å². The van der Waals surface area contributed by atoms with Crippen molar-refractivity contribution in [3.05, 3.63) is 30.3 Å². The fraction of sp³-hybridized carbons (Fsp3) is 0.467. The van der Waals surface area contributed by atoms with Gasteiger partial charge in [-0.1, -0.05) is 32.0 Å². The third kappa shape index (κ3) is 4.87. The van der Waals surface area contributed by atoms with Crippen molar-refractivity contribution in [3.8, 4) is 0 Å². The summed E-state index contributed by atoms with van der Waals surface area (Å²) in [7, 11) is -3.93. The number of carbonyl (C=O) groups is 2. The van der Waals surface area contributed by atoms with Gasteiger partial charge in [-0.05, 0) is 31.5 Å². The van der Waals surface area contributed by atoms with Crippen LogP contribution in [0.3, 0.4) is 0 Å². The van der Waals surface area contributed by atoms with E-state index in [0.29, 0.717) is 13.0 Å². The van der Waals surface area contributed by atoms with Gasteiger partial charge >= 0.3 is 41.5 Å². The maximum atomic E-state index is 12.5. The van der Waals surface area contributed by atoms with E-state index >= 15 is 0 Å². The molecule has 0 amide bonds. The fourth-order valence-electron chi connectivity index (χ4n) is 2.23. The van der Waals surface area contributed by atoms with E-state index in [1.165, 1.54) is 12.1 Å². The molecule has 24 heavy (non-hydrogen) atoms. The zero-order valence-electron chi connectivity index (χ0n) is 15.0. The molecule has 0 unspecified atom stereocenters. The third-order valence-corrected chi connectivity index (χ3v) is 5.04. The summed E-state index contributed by atoms with van der Waals surface area (Å²) in [5, 5.41) is 2.82.